The van der Waals surface area contributed by atoms with E-state index in [0.29, 0.717) is 24.2 Å². The highest BCUT2D eigenvalue weighted by atomic mass is 19.2. The largest absolute Gasteiger partial charge is 0.495 e. The number of hydrogen-bond donors (Lipinski definition) is 0. The molecule has 176 valence electrons. The first kappa shape index (κ1) is 22.3. The summed E-state index contributed by atoms with van der Waals surface area (Å²) in [5.41, 5.74) is 3.46. The van der Waals surface area contributed by atoms with Crippen LogP contribution >= 0.6 is 0 Å². The third-order valence-electron chi connectivity index (χ3n) is 6.63. The number of benzene rings is 2. The molecule has 5 rings (SSSR count). The third kappa shape index (κ3) is 3.87. The van der Waals surface area contributed by atoms with Crippen molar-refractivity contribution >= 4 is 12.0 Å². The summed E-state index contributed by atoms with van der Waals surface area (Å²) < 4.78 is 48.7. The van der Waals surface area contributed by atoms with Crippen LogP contribution in [0.2, 0.25) is 0 Å². The normalized spacial score (nSPS) is 21.3. The Morgan fingerprint density at radius 1 is 1.12 bits per heavy atom. The molecule has 8 heteroatoms. The molecule has 2 aromatic carbocycles. The molecule has 1 amide bonds. The fourth-order valence-electron chi connectivity index (χ4n) is 5.06. The van der Waals surface area contributed by atoms with Gasteiger partial charge in [0.15, 0.2) is 17.5 Å². The number of carbonyl (C=O) groups excluding carboxylic acids is 1. The first-order valence-corrected chi connectivity index (χ1v) is 11.2. The number of amides is 1. The number of fused-ring (bicyclic) bond motifs is 1. The summed E-state index contributed by atoms with van der Waals surface area (Å²) in [7, 11) is 1.59. The van der Waals surface area contributed by atoms with Crippen LogP contribution in [0.4, 0.5) is 13.2 Å². The van der Waals surface area contributed by atoms with Crippen molar-refractivity contribution in [1.29, 1.82) is 0 Å². The van der Waals surface area contributed by atoms with E-state index in [0.717, 1.165) is 41.9 Å². The zero-order valence-electron chi connectivity index (χ0n) is 18.9. The van der Waals surface area contributed by atoms with Gasteiger partial charge in [-0.2, -0.15) is 0 Å². The van der Waals surface area contributed by atoms with Gasteiger partial charge in [-0.1, -0.05) is 6.07 Å². The Morgan fingerprint density at radius 2 is 1.88 bits per heavy atom. The number of methoxy groups -OCH3 is 1. The minimum absolute atomic E-state index is 0.0521. The van der Waals surface area contributed by atoms with Crippen molar-refractivity contribution in [3.63, 3.8) is 0 Å². The molecule has 3 aromatic rings. The number of imidazole rings is 1. The molecule has 2 atom stereocenters. The van der Waals surface area contributed by atoms with Gasteiger partial charge in [0.1, 0.15) is 5.75 Å². The summed E-state index contributed by atoms with van der Waals surface area (Å²) in [6.07, 6.45) is 8.21. The van der Waals surface area contributed by atoms with E-state index in [1.165, 1.54) is 0 Å². The van der Waals surface area contributed by atoms with Gasteiger partial charge in [0.2, 0.25) is 0 Å². The Labute approximate surface area is 195 Å². The Bertz CT molecular complexity index is 1280. The lowest BCUT2D eigenvalue weighted by Crippen LogP contribution is -2.40. The van der Waals surface area contributed by atoms with Gasteiger partial charge < -0.3 is 14.2 Å². The fraction of sp³-hybridized carbons (Fsp3) is 0.308. The van der Waals surface area contributed by atoms with E-state index in [1.807, 2.05) is 42.0 Å². The molecular formula is C26H24F3N3O2. The van der Waals surface area contributed by atoms with Crippen LogP contribution in [-0.2, 0) is 4.79 Å². The van der Waals surface area contributed by atoms with Crippen molar-refractivity contribution in [2.45, 2.75) is 44.7 Å². The Morgan fingerprint density at radius 3 is 2.56 bits per heavy atom. The van der Waals surface area contributed by atoms with Crippen LogP contribution in [0.25, 0.3) is 11.8 Å². The number of nitrogens with zero attached hydrogens (tertiary/aromatic N) is 3. The van der Waals surface area contributed by atoms with Gasteiger partial charge >= 0.3 is 0 Å². The predicted molar refractivity (Wildman–Crippen MR) is 121 cm³/mol. The molecule has 0 bridgehead atoms. The lowest BCUT2D eigenvalue weighted by molar-refractivity contribution is -0.130. The molecule has 2 saturated heterocycles. The lowest BCUT2D eigenvalue weighted by atomic mass is 9.91. The van der Waals surface area contributed by atoms with E-state index in [1.54, 1.807) is 18.3 Å². The maximum Gasteiger partial charge on any atom is 0.250 e. The number of rotatable bonds is 4. The molecule has 0 unspecified atom stereocenters. The van der Waals surface area contributed by atoms with Crippen LogP contribution in [-0.4, -0.2) is 33.5 Å². The number of carbonyl (C=O) groups is 1. The Hall–Kier alpha value is -3.55. The summed E-state index contributed by atoms with van der Waals surface area (Å²) >= 11 is 0. The number of aryl methyl sites for hydroxylation is 1. The summed E-state index contributed by atoms with van der Waals surface area (Å²) in [5.74, 6) is -3.48. The third-order valence-corrected chi connectivity index (χ3v) is 6.63. The monoisotopic (exact) mass is 467 g/mol. The lowest BCUT2D eigenvalue weighted by Gasteiger charge is -2.37. The van der Waals surface area contributed by atoms with E-state index in [9.17, 15) is 18.0 Å². The van der Waals surface area contributed by atoms with Gasteiger partial charge in [-0.05, 0) is 74.1 Å². The molecule has 34 heavy (non-hydrogen) atoms. The van der Waals surface area contributed by atoms with Crippen LogP contribution in [0.5, 0.6) is 5.75 Å². The number of halogens is 3. The molecule has 1 aromatic heterocycles. The van der Waals surface area contributed by atoms with Gasteiger partial charge in [0.05, 0.1) is 30.9 Å². The molecule has 2 fully saturated rings. The first-order chi connectivity index (χ1) is 16.4. The Balaban J connectivity index is 1.45. The van der Waals surface area contributed by atoms with E-state index < -0.39 is 23.5 Å². The summed E-state index contributed by atoms with van der Waals surface area (Å²) in [4.78, 5) is 19.3. The van der Waals surface area contributed by atoms with Gasteiger partial charge in [0, 0.05) is 17.8 Å². The second kappa shape index (κ2) is 8.66. The average molecular weight is 467 g/mol. The van der Waals surface area contributed by atoms with E-state index in [4.69, 9.17) is 4.74 Å². The number of aromatic nitrogens is 2. The van der Waals surface area contributed by atoms with E-state index in [2.05, 4.69) is 4.98 Å². The van der Waals surface area contributed by atoms with Gasteiger partial charge in [0.25, 0.3) is 5.91 Å². The number of hydrogen-bond acceptors (Lipinski definition) is 3. The maximum atomic E-state index is 13.9. The SMILES string of the molecule is COc1cc(/C=C2/C[C@@H]3CCC[C@@H](c4cc(F)c(F)c(F)c4)N3C2=O)ccc1-n1cnc(C)c1. The summed E-state index contributed by atoms with van der Waals surface area (Å²) in [5, 5.41) is 0. The second-order valence-corrected chi connectivity index (χ2v) is 8.84. The van der Waals surface area contributed by atoms with Crippen LogP contribution < -0.4 is 4.74 Å². The van der Waals surface area contributed by atoms with Crippen molar-refractivity contribution in [2.75, 3.05) is 7.11 Å². The smallest absolute Gasteiger partial charge is 0.250 e. The number of piperidine rings is 1. The molecule has 0 aliphatic carbocycles. The summed E-state index contributed by atoms with van der Waals surface area (Å²) in [6, 6.07) is 7.15. The molecule has 0 radical (unpaired) electrons. The first-order valence-electron chi connectivity index (χ1n) is 11.2. The van der Waals surface area contributed by atoms with Crippen molar-refractivity contribution < 1.29 is 22.7 Å². The molecule has 0 spiro atoms. The minimum atomic E-state index is -1.49. The van der Waals surface area contributed by atoms with Crippen molar-refractivity contribution in [3.05, 3.63) is 82.7 Å². The molecule has 2 aliphatic heterocycles. The molecule has 3 heterocycles. The summed E-state index contributed by atoms with van der Waals surface area (Å²) in [6.45, 7) is 1.91. The molecular weight excluding hydrogens is 443 g/mol. The number of ether oxygens (including phenoxy) is 1. The Kier molecular flexibility index (Phi) is 5.67. The van der Waals surface area contributed by atoms with Gasteiger partial charge in [-0.3, -0.25) is 4.79 Å². The minimum Gasteiger partial charge on any atom is -0.495 e. The topological polar surface area (TPSA) is 47.4 Å². The highest BCUT2D eigenvalue weighted by Gasteiger charge is 2.42. The van der Waals surface area contributed by atoms with Crippen LogP contribution in [0, 0.1) is 24.4 Å². The van der Waals surface area contributed by atoms with Crippen molar-refractivity contribution in [3.8, 4) is 11.4 Å². The highest BCUT2D eigenvalue weighted by molar-refractivity contribution is 6.00. The van der Waals surface area contributed by atoms with Crippen molar-refractivity contribution in [1.82, 2.24) is 14.5 Å². The average Bonchev–Trinajstić information content (AvgIpc) is 3.40. The van der Waals surface area contributed by atoms with Crippen LogP contribution in [0.15, 0.2) is 48.4 Å². The predicted octanol–water partition coefficient (Wildman–Crippen LogP) is 5.52. The molecule has 5 nitrogen and oxygen atoms in total. The highest BCUT2D eigenvalue weighted by Crippen LogP contribution is 2.43. The van der Waals surface area contributed by atoms with Crippen molar-refractivity contribution in [2.24, 2.45) is 0 Å². The zero-order chi connectivity index (χ0) is 24.0. The standard InChI is InChI=1S/C26H24F3N3O2/c1-15-13-31(14-30-15)23-7-6-16(9-24(23)34-2)8-18-10-19-4-3-5-22(32(19)26(18)33)17-11-20(27)25(29)21(28)12-17/h6-9,11-14,19,22H,3-5,10H2,1-2H3/b18-8-/t19-,22-/m0/s1. The van der Waals surface area contributed by atoms with E-state index in [-0.39, 0.29) is 17.5 Å². The molecule has 0 saturated carbocycles. The molecule has 0 N–H and O–H groups in total. The van der Waals surface area contributed by atoms with Crippen LogP contribution in [0.3, 0.4) is 0 Å². The van der Waals surface area contributed by atoms with Gasteiger partial charge in [-0.25, -0.2) is 18.2 Å². The maximum absolute atomic E-state index is 13.9. The van der Waals surface area contributed by atoms with Gasteiger partial charge in [-0.15, -0.1) is 0 Å². The second-order valence-electron chi connectivity index (χ2n) is 8.84. The zero-order valence-corrected chi connectivity index (χ0v) is 18.9. The van der Waals surface area contributed by atoms with Crippen LogP contribution in [0.1, 0.15) is 48.5 Å². The molecule has 2 aliphatic rings. The quantitative estimate of drug-likeness (QED) is 0.375. The van der Waals surface area contributed by atoms with E-state index >= 15 is 0 Å². The fourth-order valence-corrected chi connectivity index (χ4v) is 5.06.